The van der Waals surface area contributed by atoms with E-state index in [1.165, 1.54) is 12.1 Å². The Morgan fingerprint density at radius 2 is 2.10 bits per heavy atom. The lowest BCUT2D eigenvalue weighted by atomic mass is 10.3. The van der Waals surface area contributed by atoms with Crippen LogP contribution in [0.25, 0.3) is 0 Å². The Morgan fingerprint density at radius 1 is 1.30 bits per heavy atom. The summed E-state index contributed by atoms with van der Waals surface area (Å²) in [6, 6.07) is 10.9. The van der Waals surface area contributed by atoms with Gasteiger partial charge in [0.1, 0.15) is 11.6 Å². The van der Waals surface area contributed by atoms with E-state index in [-0.39, 0.29) is 17.5 Å². The van der Waals surface area contributed by atoms with Gasteiger partial charge in [-0.15, -0.1) is 0 Å². The molecule has 1 N–H and O–H groups in total. The topological polar surface area (TPSA) is 38.3 Å². The first-order valence-electron chi connectivity index (χ1n) is 5.68. The highest BCUT2D eigenvalue weighted by atomic mass is 79.9. The van der Waals surface area contributed by atoms with Gasteiger partial charge < -0.3 is 10.1 Å². The SMILES string of the molecule is O=C(COc1cccc(Br)c1)Nc1ccc(F)cc1Cl. The van der Waals surface area contributed by atoms with E-state index >= 15 is 0 Å². The van der Waals surface area contributed by atoms with Gasteiger partial charge in [0.05, 0.1) is 10.7 Å². The maximum absolute atomic E-state index is 12.9. The van der Waals surface area contributed by atoms with Crippen molar-refractivity contribution in [1.29, 1.82) is 0 Å². The highest BCUT2D eigenvalue weighted by Gasteiger charge is 2.07. The van der Waals surface area contributed by atoms with Gasteiger partial charge in [0.15, 0.2) is 6.61 Å². The zero-order valence-electron chi connectivity index (χ0n) is 10.2. The summed E-state index contributed by atoms with van der Waals surface area (Å²) in [6.07, 6.45) is 0. The van der Waals surface area contributed by atoms with E-state index in [1.54, 1.807) is 18.2 Å². The molecule has 0 radical (unpaired) electrons. The van der Waals surface area contributed by atoms with Crippen LogP contribution in [0.2, 0.25) is 5.02 Å². The second kappa shape index (κ2) is 6.72. The predicted octanol–water partition coefficient (Wildman–Crippen LogP) is 4.26. The minimum Gasteiger partial charge on any atom is -0.484 e. The van der Waals surface area contributed by atoms with Crippen LogP contribution in [0.4, 0.5) is 10.1 Å². The normalized spacial score (nSPS) is 10.2. The number of benzene rings is 2. The van der Waals surface area contributed by atoms with Crippen molar-refractivity contribution in [3.63, 3.8) is 0 Å². The Kier molecular flexibility index (Phi) is 4.98. The van der Waals surface area contributed by atoms with Crippen LogP contribution in [0.3, 0.4) is 0 Å². The van der Waals surface area contributed by atoms with Crippen molar-refractivity contribution in [2.45, 2.75) is 0 Å². The van der Waals surface area contributed by atoms with Gasteiger partial charge in [-0.1, -0.05) is 33.6 Å². The molecular formula is C14H10BrClFNO2. The van der Waals surface area contributed by atoms with Crippen LogP contribution in [-0.4, -0.2) is 12.5 Å². The number of anilines is 1. The minimum absolute atomic E-state index is 0.140. The Bertz CT molecular complexity index is 636. The summed E-state index contributed by atoms with van der Waals surface area (Å²) in [5.74, 6) is -0.267. The predicted molar refractivity (Wildman–Crippen MR) is 79.7 cm³/mol. The van der Waals surface area contributed by atoms with Crippen molar-refractivity contribution in [3.05, 3.63) is 57.8 Å². The molecule has 0 aromatic heterocycles. The van der Waals surface area contributed by atoms with Crippen LogP contribution >= 0.6 is 27.5 Å². The molecule has 0 bridgehead atoms. The number of carbonyl (C=O) groups excluding carboxylic acids is 1. The zero-order valence-corrected chi connectivity index (χ0v) is 12.5. The molecule has 0 aliphatic carbocycles. The fourth-order valence-corrected chi connectivity index (χ4v) is 2.08. The monoisotopic (exact) mass is 357 g/mol. The van der Waals surface area contributed by atoms with Gasteiger partial charge in [-0.2, -0.15) is 0 Å². The van der Waals surface area contributed by atoms with Crippen LogP contribution in [0.1, 0.15) is 0 Å². The largest absolute Gasteiger partial charge is 0.484 e. The minimum atomic E-state index is -0.460. The number of carbonyl (C=O) groups is 1. The molecule has 6 heteroatoms. The molecule has 104 valence electrons. The van der Waals surface area contributed by atoms with Gasteiger partial charge in [-0.3, -0.25) is 4.79 Å². The summed E-state index contributed by atoms with van der Waals surface area (Å²) in [5.41, 5.74) is 0.343. The Morgan fingerprint density at radius 3 is 2.80 bits per heavy atom. The molecule has 0 saturated carbocycles. The fraction of sp³-hybridized carbons (Fsp3) is 0.0714. The molecule has 3 nitrogen and oxygen atoms in total. The van der Waals surface area contributed by atoms with Gasteiger partial charge in [0.2, 0.25) is 0 Å². The number of amides is 1. The molecule has 0 heterocycles. The van der Waals surface area contributed by atoms with E-state index in [1.807, 2.05) is 6.07 Å². The summed E-state index contributed by atoms with van der Waals surface area (Å²) < 4.78 is 19.0. The first-order valence-corrected chi connectivity index (χ1v) is 6.85. The Hall–Kier alpha value is -1.59. The molecule has 0 atom stereocenters. The first-order chi connectivity index (χ1) is 9.54. The van der Waals surface area contributed by atoms with E-state index in [0.717, 1.165) is 10.5 Å². The third kappa shape index (κ3) is 4.21. The second-order valence-corrected chi connectivity index (χ2v) is 5.24. The lowest BCUT2D eigenvalue weighted by molar-refractivity contribution is -0.118. The van der Waals surface area contributed by atoms with Crippen molar-refractivity contribution in [2.75, 3.05) is 11.9 Å². The highest BCUT2D eigenvalue weighted by Crippen LogP contribution is 2.22. The van der Waals surface area contributed by atoms with Gasteiger partial charge in [0, 0.05) is 4.47 Å². The summed E-state index contributed by atoms with van der Waals surface area (Å²) in [7, 11) is 0. The molecule has 2 aromatic carbocycles. The van der Waals surface area contributed by atoms with Crippen molar-refractivity contribution >= 4 is 39.1 Å². The summed E-state index contributed by atoms with van der Waals surface area (Å²) in [6.45, 7) is -0.163. The zero-order chi connectivity index (χ0) is 14.5. The molecule has 2 rings (SSSR count). The van der Waals surface area contributed by atoms with Crippen molar-refractivity contribution in [3.8, 4) is 5.75 Å². The molecule has 2 aromatic rings. The third-order valence-electron chi connectivity index (χ3n) is 2.37. The highest BCUT2D eigenvalue weighted by molar-refractivity contribution is 9.10. The molecule has 0 unspecified atom stereocenters. The average Bonchev–Trinajstić information content (AvgIpc) is 2.40. The quantitative estimate of drug-likeness (QED) is 0.887. The smallest absolute Gasteiger partial charge is 0.262 e. The molecule has 20 heavy (non-hydrogen) atoms. The first kappa shape index (κ1) is 14.8. The third-order valence-corrected chi connectivity index (χ3v) is 3.18. The van der Waals surface area contributed by atoms with Gasteiger partial charge in [-0.05, 0) is 36.4 Å². The standard InChI is InChI=1S/C14H10BrClFNO2/c15-9-2-1-3-11(6-9)20-8-14(19)18-13-5-4-10(17)7-12(13)16/h1-7H,8H2,(H,18,19). The lowest BCUT2D eigenvalue weighted by Gasteiger charge is -2.09. The Labute approximate surface area is 128 Å². The van der Waals surface area contributed by atoms with E-state index in [0.29, 0.717) is 11.4 Å². The average molecular weight is 359 g/mol. The molecule has 0 aliphatic rings. The number of hydrogen-bond acceptors (Lipinski definition) is 2. The Balaban J connectivity index is 1.92. The molecule has 1 amide bonds. The van der Waals surface area contributed by atoms with E-state index in [9.17, 15) is 9.18 Å². The fourth-order valence-electron chi connectivity index (χ4n) is 1.48. The number of nitrogens with one attached hydrogen (secondary N) is 1. The molecule has 0 aliphatic heterocycles. The second-order valence-electron chi connectivity index (χ2n) is 3.92. The van der Waals surface area contributed by atoms with Crippen LogP contribution in [-0.2, 0) is 4.79 Å². The van der Waals surface area contributed by atoms with Crippen LogP contribution < -0.4 is 10.1 Å². The number of rotatable bonds is 4. The molecule has 0 fully saturated rings. The van der Waals surface area contributed by atoms with Crippen LogP contribution in [0, 0.1) is 5.82 Å². The number of halogens is 3. The summed E-state index contributed by atoms with van der Waals surface area (Å²) >= 11 is 9.12. The summed E-state index contributed by atoms with van der Waals surface area (Å²) in [4.78, 5) is 11.7. The van der Waals surface area contributed by atoms with E-state index in [2.05, 4.69) is 21.2 Å². The van der Waals surface area contributed by atoms with E-state index in [4.69, 9.17) is 16.3 Å². The van der Waals surface area contributed by atoms with Gasteiger partial charge >= 0.3 is 0 Å². The van der Waals surface area contributed by atoms with E-state index < -0.39 is 5.82 Å². The lowest BCUT2D eigenvalue weighted by Crippen LogP contribution is -2.20. The van der Waals surface area contributed by atoms with Gasteiger partial charge in [-0.25, -0.2) is 4.39 Å². The van der Waals surface area contributed by atoms with Crippen molar-refractivity contribution in [1.82, 2.24) is 0 Å². The van der Waals surface area contributed by atoms with Crippen LogP contribution in [0.5, 0.6) is 5.75 Å². The maximum atomic E-state index is 12.9. The van der Waals surface area contributed by atoms with Gasteiger partial charge in [0.25, 0.3) is 5.91 Å². The molecule has 0 spiro atoms. The molecule has 0 saturated heterocycles. The van der Waals surface area contributed by atoms with Crippen LogP contribution in [0.15, 0.2) is 46.9 Å². The number of hydrogen-bond donors (Lipinski definition) is 1. The number of ether oxygens (including phenoxy) is 1. The maximum Gasteiger partial charge on any atom is 0.262 e. The van der Waals surface area contributed by atoms with Crippen molar-refractivity contribution in [2.24, 2.45) is 0 Å². The molecular weight excluding hydrogens is 349 g/mol. The summed E-state index contributed by atoms with van der Waals surface area (Å²) in [5, 5.41) is 2.69. The van der Waals surface area contributed by atoms with Crippen molar-refractivity contribution < 1.29 is 13.9 Å².